The van der Waals surface area contributed by atoms with Crippen LogP contribution in [0.5, 0.6) is 5.75 Å². The van der Waals surface area contributed by atoms with Crippen molar-refractivity contribution in [3.63, 3.8) is 0 Å². The van der Waals surface area contributed by atoms with Crippen molar-refractivity contribution in [3.05, 3.63) is 53.8 Å². The maximum Gasteiger partial charge on any atom is 0.123 e. The zero-order valence-electron chi connectivity index (χ0n) is 11.8. The second kappa shape index (κ2) is 6.39. The predicted molar refractivity (Wildman–Crippen MR) is 80.2 cm³/mol. The van der Waals surface area contributed by atoms with Crippen molar-refractivity contribution in [3.8, 4) is 5.75 Å². The van der Waals surface area contributed by atoms with E-state index < -0.39 is 0 Å². The number of ether oxygens (including phenoxy) is 1. The molecular formula is C16H19FN2O. The van der Waals surface area contributed by atoms with E-state index in [-0.39, 0.29) is 5.82 Å². The fraction of sp³-hybridized carbons (Fsp3) is 0.250. The molecule has 2 N–H and O–H groups in total. The van der Waals surface area contributed by atoms with Gasteiger partial charge in [-0.15, -0.1) is 0 Å². The maximum absolute atomic E-state index is 13.4. The summed E-state index contributed by atoms with van der Waals surface area (Å²) in [6.07, 6.45) is 0.646. The molecule has 0 amide bonds. The van der Waals surface area contributed by atoms with Gasteiger partial charge in [0.05, 0.1) is 7.11 Å². The van der Waals surface area contributed by atoms with Crippen molar-refractivity contribution < 1.29 is 9.13 Å². The largest absolute Gasteiger partial charge is 0.497 e. The highest BCUT2D eigenvalue weighted by atomic mass is 19.1. The third-order valence-corrected chi connectivity index (χ3v) is 3.28. The predicted octanol–water partition coefficient (Wildman–Crippen LogP) is 3.10. The van der Waals surface area contributed by atoms with Crippen LogP contribution in [0, 0.1) is 5.82 Å². The van der Waals surface area contributed by atoms with Gasteiger partial charge >= 0.3 is 0 Å². The molecule has 0 atom stereocenters. The second-order valence-electron chi connectivity index (χ2n) is 4.57. The van der Waals surface area contributed by atoms with Crippen molar-refractivity contribution in [1.29, 1.82) is 0 Å². The summed E-state index contributed by atoms with van der Waals surface area (Å²) in [5, 5.41) is 0. The van der Waals surface area contributed by atoms with E-state index in [0.717, 1.165) is 22.7 Å². The summed E-state index contributed by atoms with van der Waals surface area (Å²) in [6.45, 7) is 0.493. The van der Waals surface area contributed by atoms with Crippen molar-refractivity contribution >= 4 is 11.4 Å². The van der Waals surface area contributed by atoms with Crippen LogP contribution in [0.2, 0.25) is 0 Å². The highest BCUT2D eigenvalue weighted by Crippen LogP contribution is 2.29. The smallest absolute Gasteiger partial charge is 0.123 e. The van der Waals surface area contributed by atoms with Crippen LogP contribution in [0.4, 0.5) is 15.8 Å². The number of halogens is 1. The quantitative estimate of drug-likeness (QED) is 0.910. The van der Waals surface area contributed by atoms with Crippen molar-refractivity contribution in [2.45, 2.75) is 6.42 Å². The average molecular weight is 274 g/mol. The lowest BCUT2D eigenvalue weighted by molar-refractivity contribution is 0.415. The monoisotopic (exact) mass is 274 g/mol. The number of methoxy groups -OCH3 is 1. The molecule has 4 heteroatoms. The summed E-state index contributed by atoms with van der Waals surface area (Å²) in [5.41, 5.74) is 8.48. The number of hydrogen-bond acceptors (Lipinski definition) is 3. The van der Waals surface area contributed by atoms with E-state index in [4.69, 9.17) is 10.5 Å². The number of hydrogen-bond donors (Lipinski definition) is 1. The van der Waals surface area contributed by atoms with Crippen LogP contribution in [0.1, 0.15) is 5.56 Å². The van der Waals surface area contributed by atoms with Crippen molar-refractivity contribution in [2.75, 3.05) is 25.6 Å². The third-order valence-electron chi connectivity index (χ3n) is 3.28. The molecule has 2 aromatic rings. The molecule has 3 nitrogen and oxygen atoms in total. The lowest BCUT2D eigenvalue weighted by Gasteiger charge is -2.23. The lowest BCUT2D eigenvalue weighted by atomic mass is 10.1. The summed E-state index contributed by atoms with van der Waals surface area (Å²) < 4.78 is 18.5. The molecule has 0 fully saturated rings. The molecule has 0 aromatic heterocycles. The Bertz CT molecular complexity index is 569. The standard InChI is InChI=1S/C16H19FN2O/c1-19(14-4-6-15(20-2)7-5-14)16-8-3-13(17)11-12(16)9-10-18/h3-8,11H,9-10,18H2,1-2H3. The van der Waals surface area contributed by atoms with Crippen LogP contribution in [-0.4, -0.2) is 20.7 Å². The molecule has 0 saturated carbocycles. The minimum absolute atomic E-state index is 0.236. The molecule has 2 rings (SSSR count). The Kier molecular flexibility index (Phi) is 4.58. The van der Waals surface area contributed by atoms with Gasteiger partial charge in [0.1, 0.15) is 11.6 Å². The van der Waals surface area contributed by atoms with Crippen LogP contribution in [0.3, 0.4) is 0 Å². The van der Waals surface area contributed by atoms with Crippen LogP contribution >= 0.6 is 0 Å². The van der Waals surface area contributed by atoms with Crippen LogP contribution in [0.15, 0.2) is 42.5 Å². The third kappa shape index (κ3) is 3.08. The van der Waals surface area contributed by atoms with Gasteiger partial charge < -0.3 is 15.4 Å². The Balaban J connectivity index is 2.33. The zero-order valence-corrected chi connectivity index (χ0v) is 11.8. The van der Waals surface area contributed by atoms with Gasteiger partial charge in [0.2, 0.25) is 0 Å². The normalized spacial score (nSPS) is 10.4. The lowest BCUT2D eigenvalue weighted by Crippen LogP contribution is -2.14. The number of nitrogens with zero attached hydrogens (tertiary/aromatic N) is 1. The van der Waals surface area contributed by atoms with Crippen LogP contribution < -0.4 is 15.4 Å². The van der Waals surface area contributed by atoms with Crippen molar-refractivity contribution in [2.24, 2.45) is 5.73 Å². The topological polar surface area (TPSA) is 38.5 Å². The Morgan fingerprint density at radius 1 is 1.15 bits per heavy atom. The molecule has 0 saturated heterocycles. The molecule has 2 aromatic carbocycles. The van der Waals surface area contributed by atoms with Gasteiger partial charge in [-0.25, -0.2) is 4.39 Å². The summed E-state index contributed by atoms with van der Waals surface area (Å²) in [6, 6.07) is 12.5. The zero-order chi connectivity index (χ0) is 14.5. The van der Waals surface area contributed by atoms with E-state index in [2.05, 4.69) is 0 Å². The van der Waals surface area contributed by atoms with Gasteiger partial charge in [-0.05, 0) is 61.0 Å². The molecule has 0 heterocycles. The first-order valence-corrected chi connectivity index (χ1v) is 6.52. The minimum Gasteiger partial charge on any atom is -0.497 e. The summed E-state index contributed by atoms with van der Waals surface area (Å²) in [7, 11) is 3.59. The first-order valence-electron chi connectivity index (χ1n) is 6.52. The molecule has 0 aliphatic carbocycles. The molecule has 0 radical (unpaired) electrons. The molecule has 0 unspecified atom stereocenters. The summed E-state index contributed by atoms with van der Waals surface area (Å²) >= 11 is 0. The molecule has 0 bridgehead atoms. The Morgan fingerprint density at radius 3 is 2.45 bits per heavy atom. The minimum atomic E-state index is -0.236. The first-order chi connectivity index (χ1) is 9.65. The van der Waals surface area contributed by atoms with Crippen LogP contribution in [-0.2, 0) is 6.42 Å². The Morgan fingerprint density at radius 2 is 1.85 bits per heavy atom. The first kappa shape index (κ1) is 14.3. The fourth-order valence-corrected chi connectivity index (χ4v) is 2.18. The summed E-state index contributed by atoms with van der Waals surface area (Å²) in [4.78, 5) is 2.02. The molecule has 106 valence electrons. The van der Waals surface area contributed by atoms with Gasteiger partial charge in [0.15, 0.2) is 0 Å². The average Bonchev–Trinajstić information content (AvgIpc) is 2.47. The second-order valence-corrected chi connectivity index (χ2v) is 4.57. The number of rotatable bonds is 5. The Labute approximate surface area is 118 Å². The van der Waals surface area contributed by atoms with Gasteiger partial charge in [0.25, 0.3) is 0 Å². The molecule has 20 heavy (non-hydrogen) atoms. The molecular weight excluding hydrogens is 255 g/mol. The molecule has 0 aliphatic rings. The Hall–Kier alpha value is -2.07. The SMILES string of the molecule is COc1ccc(N(C)c2ccc(F)cc2CCN)cc1. The van der Waals surface area contributed by atoms with E-state index in [1.165, 1.54) is 6.07 Å². The number of nitrogens with two attached hydrogens (primary N) is 1. The molecule has 0 spiro atoms. The van der Waals surface area contributed by atoms with E-state index >= 15 is 0 Å². The highest BCUT2D eigenvalue weighted by molar-refractivity contribution is 5.66. The van der Waals surface area contributed by atoms with Gasteiger partial charge in [-0.2, -0.15) is 0 Å². The van der Waals surface area contributed by atoms with E-state index in [1.807, 2.05) is 36.2 Å². The van der Waals surface area contributed by atoms with Gasteiger partial charge in [0, 0.05) is 18.4 Å². The van der Waals surface area contributed by atoms with Crippen LogP contribution in [0.25, 0.3) is 0 Å². The van der Waals surface area contributed by atoms with Crippen molar-refractivity contribution in [1.82, 2.24) is 0 Å². The van der Waals surface area contributed by atoms with Gasteiger partial charge in [-0.3, -0.25) is 0 Å². The van der Waals surface area contributed by atoms with E-state index in [0.29, 0.717) is 13.0 Å². The fourth-order valence-electron chi connectivity index (χ4n) is 2.18. The molecule has 0 aliphatic heterocycles. The maximum atomic E-state index is 13.4. The number of anilines is 2. The number of benzene rings is 2. The van der Waals surface area contributed by atoms with E-state index in [9.17, 15) is 4.39 Å². The highest BCUT2D eigenvalue weighted by Gasteiger charge is 2.10. The van der Waals surface area contributed by atoms with E-state index in [1.54, 1.807) is 19.2 Å². The summed E-state index contributed by atoms with van der Waals surface area (Å²) in [5.74, 6) is 0.573. The van der Waals surface area contributed by atoms with Gasteiger partial charge in [-0.1, -0.05) is 0 Å².